The lowest BCUT2D eigenvalue weighted by molar-refractivity contribution is 1.15. The van der Waals surface area contributed by atoms with Gasteiger partial charge >= 0.3 is 0 Å². The largest absolute Gasteiger partial charge is 0.355 e. The lowest BCUT2D eigenvalue weighted by Crippen LogP contribution is -1.90. The van der Waals surface area contributed by atoms with Gasteiger partial charge in [-0.2, -0.15) is 5.11 Å². The van der Waals surface area contributed by atoms with Gasteiger partial charge in [0.05, 0.1) is 5.69 Å². The SMILES string of the molecule is N=Nc1ccc(Nc2cccc3ccccc23)cc1. The van der Waals surface area contributed by atoms with Gasteiger partial charge in [0.25, 0.3) is 0 Å². The van der Waals surface area contributed by atoms with E-state index in [1.807, 2.05) is 42.5 Å². The van der Waals surface area contributed by atoms with Crippen molar-refractivity contribution < 1.29 is 0 Å². The number of anilines is 2. The van der Waals surface area contributed by atoms with Crippen LogP contribution in [0, 0.1) is 5.53 Å². The van der Waals surface area contributed by atoms with Crippen molar-refractivity contribution in [1.82, 2.24) is 0 Å². The average Bonchev–Trinajstić information content (AvgIpc) is 2.48. The zero-order chi connectivity index (χ0) is 13.1. The fourth-order valence-corrected chi connectivity index (χ4v) is 2.11. The Morgan fingerprint density at radius 1 is 0.789 bits per heavy atom. The fraction of sp³-hybridized carbons (Fsp3) is 0. The van der Waals surface area contributed by atoms with Crippen molar-refractivity contribution in [2.24, 2.45) is 5.11 Å². The summed E-state index contributed by atoms with van der Waals surface area (Å²) in [5, 5.41) is 9.19. The van der Waals surface area contributed by atoms with Gasteiger partial charge in [0.2, 0.25) is 0 Å². The molecule has 3 heteroatoms. The lowest BCUT2D eigenvalue weighted by atomic mass is 10.1. The lowest BCUT2D eigenvalue weighted by Gasteiger charge is -2.09. The standard InChI is InChI=1S/C16H13N3/c17-19-14-10-8-13(9-11-14)18-16-7-3-5-12-4-1-2-6-15(12)16/h1-11,17-18H. The molecule has 92 valence electrons. The van der Waals surface area contributed by atoms with Crippen LogP contribution in [-0.4, -0.2) is 0 Å². The first-order valence-electron chi connectivity index (χ1n) is 6.09. The molecule has 0 aromatic heterocycles. The van der Waals surface area contributed by atoms with Crippen molar-refractivity contribution in [3.63, 3.8) is 0 Å². The fourth-order valence-electron chi connectivity index (χ4n) is 2.11. The molecular weight excluding hydrogens is 234 g/mol. The van der Waals surface area contributed by atoms with Gasteiger partial charge in [0.15, 0.2) is 0 Å². The Labute approximate surface area is 111 Å². The molecular formula is C16H13N3. The topological polar surface area (TPSA) is 48.2 Å². The van der Waals surface area contributed by atoms with E-state index < -0.39 is 0 Å². The maximum atomic E-state index is 6.95. The molecule has 0 aliphatic rings. The summed E-state index contributed by atoms with van der Waals surface area (Å²) in [6, 6.07) is 22.0. The number of rotatable bonds is 3. The number of hydrogen-bond acceptors (Lipinski definition) is 3. The first-order valence-corrected chi connectivity index (χ1v) is 6.09. The minimum Gasteiger partial charge on any atom is -0.355 e. The van der Waals surface area contributed by atoms with Gasteiger partial charge in [-0.15, -0.1) is 0 Å². The van der Waals surface area contributed by atoms with Crippen LogP contribution in [-0.2, 0) is 0 Å². The molecule has 3 aromatic carbocycles. The van der Waals surface area contributed by atoms with Crippen LogP contribution in [0.5, 0.6) is 0 Å². The summed E-state index contributed by atoms with van der Waals surface area (Å²) >= 11 is 0. The van der Waals surface area contributed by atoms with E-state index in [1.54, 1.807) is 0 Å². The number of fused-ring (bicyclic) bond motifs is 1. The van der Waals surface area contributed by atoms with Crippen molar-refractivity contribution >= 4 is 27.8 Å². The van der Waals surface area contributed by atoms with E-state index in [0.717, 1.165) is 11.4 Å². The smallest absolute Gasteiger partial charge is 0.0851 e. The van der Waals surface area contributed by atoms with Crippen LogP contribution in [0.4, 0.5) is 17.1 Å². The van der Waals surface area contributed by atoms with Crippen molar-refractivity contribution in [1.29, 1.82) is 5.53 Å². The van der Waals surface area contributed by atoms with Crippen LogP contribution < -0.4 is 5.32 Å². The summed E-state index contributed by atoms with van der Waals surface area (Å²) in [4.78, 5) is 0. The van der Waals surface area contributed by atoms with E-state index in [0.29, 0.717) is 5.69 Å². The van der Waals surface area contributed by atoms with Gasteiger partial charge < -0.3 is 5.32 Å². The van der Waals surface area contributed by atoms with Crippen molar-refractivity contribution in [3.8, 4) is 0 Å². The molecule has 0 saturated heterocycles. The summed E-state index contributed by atoms with van der Waals surface area (Å²) in [7, 11) is 0. The van der Waals surface area contributed by atoms with Crippen molar-refractivity contribution in [2.75, 3.05) is 5.32 Å². The van der Waals surface area contributed by atoms with Crippen LogP contribution in [0.25, 0.3) is 10.8 Å². The number of benzene rings is 3. The summed E-state index contributed by atoms with van der Waals surface area (Å²) in [6.45, 7) is 0. The Kier molecular flexibility index (Phi) is 2.94. The Bertz CT molecular complexity index is 712. The maximum Gasteiger partial charge on any atom is 0.0851 e. The zero-order valence-electron chi connectivity index (χ0n) is 10.3. The van der Waals surface area contributed by atoms with Crippen molar-refractivity contribution in [2.45, 2.75) is 0 Å². The highest BCUT2D eigenvalue weighted by Crippen LogP contribution is 2.27. The summed E-state index contributed by atoms with van der Waals surface area (Å²) in [5.41, 5.74) is 9.67. The van der Waals surface area contributed by atoms with Gasteiger partial charge in [-0.05, 0) is 35.7 Å². The van der Waals surface area contributed by atoms with Gasteiger partial charge in [-0.3, -0.25) is 0 Å². The molecule has 0 unspecified atom stereocenters. The van der Waals surface area contributed by atoms with Crippen LogP contribution in [0.3, 0.4) is 0 Å². The highest BCUT2D eigenvalue weighted by atomic mass is 15.0. The molecule has 3 nitrogen and oxygen atoms in total. The predicted molar refractivity (Wildman–Crippen MR) is 78.5 cm³/mol. The van der Waals surface area contributed by atoms with Crippen LogP contribution in [0.1, 0.15) is 0 Å². The number of nitrogens with one attached hydrogen (secondary N) is 2. The number of nitrogens with zero attached hydrogens (tertiary/aromatic N) is 1. The van der Waals surface area contributed by atoms with E-state index in [9.17, 15) is 0 Å². The molecule has 19 heavy (non-hydrogen) atoms. The predicted octanol–water partition coefficient (Wildman–Crippen LogP) is 5.25. The molecule has 0 fully saturated rings. The highest BCUT2D eigenvalue weighted by Gasteiger charge is 2.00. The second-order valence-electron chi connectivity index (χ2n) is 4.31. The molecule has 3 rings (SSSR count). The molecule has 3 aromatic rings. The monoisotopic (exact) mass is 247 g/mol. The van der Waals surface area contributed by atoms with E-state index in [-0.39, 0.29) is 0 Å². The summed E-state index contributed by atoms with van der Waals surface area (Å²) < 4.78 is 0. The highest BCUT2D eigenvalue weighted by molar-refractivity contribution is 5.95. The van der Waals surface area contributed by atoms with E-state index in [2.05, 4.69) is 34.7 Å². The molecule has 0 bridgehead atoms. The van der Waals surface area contributed by atoms with E-state index in [4.69, 9.17) is 5.53 Å². The molecule has 0 amide bonds. The second kappa shape index (κ2) is 4.90. The third-order valence-corrected chi connectivity index (χ3v) is 3.07. The molecule has 0 atom stereocenters. The van der Waals surface area contributed by atoms with Crippen LogP contribution in [0.2, 0.25) is 0 Å². The third-order valence-electron chi connectivity index (χ3n) is 3.07. The quantitative estimate of drug-likeness (QED) is 0.610. The van der Waals surface area contributed by atoms with E-state index in [1.165, 1.54) is 10.8 Å². The Balaban J connectivity index is 1.98. The third kappa shape index (κ3) is 2.31. The van der Waals surface area contributed by atoms with Gasteiger partial charge in [0, 0.05) is 16.8 Å². The van der Waals surface area contributed by atoms with Crippen LogP contribution in [0.15, 0.2) is 71.8 Å². The first-order chi connectivity index (χ1) is 9.36. The average molecular weight is 247 g/mol. The Hall–Kier alpha value is -2.68. The molecule has 0 aliphatic heterocycles. The first kappa shape index (κ1) is 11.4. The summed E-state index contributed by atoms with van der Waals surface area (Å²) in [5.74, 6) is 0. The molecule has 2 N–H and O–H groups in total. The normalized spacial score (nSPS) is 10.3. The Morgan fingerprint density at radius 2 is 1.53 bits per heavy atom. The van der Waals surface area contributed by atoms with E-state index >= 15 is 0 Å². The minimum absolute atomic E-state index is 0.656. The maximum absolute atomic E-state index is 6.95. The van der Waals surface area contributed by atoms with Crippen molar-refractivity contribution in [3.05, 3.63) is 66.7 Å². The minimum atomic E-state index is 0.656. The molecule has 0 heterocycles. The Morgan fingerprint density at radius 3 is 2.32 bits per heavy atom. The molecule has 0 spiro atoms. The molecule has 0 radical (unpaired) electrons. The molecule has 0 saturated carbocycles. The van der Waals surface area contributed by atoms with Gasteiger partial charge in [0.1, 0.15) is 0 Å². The second-order valence-corrected chi connectivity index (χ2v) is 4.31. The number of hydrogen-bond donors (Lipinski definition) is 2. The van der Waals surface area contributed by atoms with Gasteiger partial charge in [-0.25, -0.2) is 5.53 Å². The van der Waals surface area contributed by atoms with Gasteiger partial charge in [-0.1, -0.05) is 36.4 Å². The molecule has 0 aliphatic carbocycles. The zero-order valence-corrected chi connectivity index (χ0v) is 10.3. The summed E-state index contributed by atoms with van der Waals surface area (Å²) in [6.07, 6.45) is 0. The van der Waals surface area contributed by atoms with Crippen LogP contribution >= 0.6 is 0 Å².